The minimum atomic E-state index is -0.826. The monoisotopic (exact) mass is 1070 g/mol. The van der Waals surface area contributed by atoms with E-state index in [1.54, 1.807) is 0 Å². The normalized spacial score (nSPS) is 11.5. The molecule has 0 bridgehead atoms. The maximum atomic E-state index is 4.93. The Kier molecular flexibility index (Phi) is 18.4. The molecule has 1 heterocycles. The molecule has 0 atom stereocenters. The third kappa shape index (κ3) is 12.5. The van der Waals surface area contributed by atoms with Gasteiger partial charge in [-0.1, -0.05) is 222 Å². The van der Waals surface area contributed by atoms with Crippen LogP contribution in [0.5, 0.6) is 0 Å². The SMILES string of the molecule is CC(C)Cc1cc2c(-c3ccccc3-c3ccccc3)c(C(C)C)ccc2[cH-]1.CC(C)Cc1cc2c(-c3ccccc3-c3ccccc3)c(C(C)C)ccc2[cH-]1.[Cl][Zr][Cl].[c-]1cccc2c1[Si]c1ccccc1-2. The molecule has 362 valence electrons. The quantitative estimate of drug-likeness (QED) is 0.0946. The van der Waals surface area contributed by atoms with Gasteiger partial charge >= 0.3 is 37.9 Å². The molecule has 72 heavy (non-hydrogen) atoms. The predicted octanol–water partition coefficient (Wildman–Crippen LogP) is 18.9. The van der Waals surface area contributed by atoms with E-state index < -0.39 is 20.8 Å². The Morgan fingerprint density at radius 3 is 1.26 bits per heavy atom. The number of fused-ring (bicyclic) bond motifs is 5. The Hall–Kier alpha value is -5.34. The summed E-state index contributed by atoms with van der Waals surface area (Å²) in [5, 5.41) is 8.33. The maximum absolute atomic E-state index is 4.93. The molecule has 4 heteroatoms. The third-order valence-corrected chi connectivity index (χ3v) is 14.8. The Labute approximate surface area is 451 Å². The van der Waals surface area contributed by atoms with Crippen LogP contribution in [0, 0.1) is 17.9 Å². The maximum Gasteiger partial charge on any atom is 0.0920 e. The third-order valence-electron chi connectivity index (χ3n) is 13.4. The smallest absolute Gasteiger partial charge is 0.0920 e. The number of halogens is 2. The van der Waals surface area contributed by atoms with Crippen LogP contribution in [0.1, 0.15) is 89.5 Å². The fourth-order valence-corrected chi connectivity index (χ4v) is 11.6. The Morgan fingerprint density at radius 2 is 0.833 bits per heavy atom. The first-order chi connectivity index (χ1) is 34.9. The summed E-state index contributed by atoms with van der Waals surface area (Å²) in [6, 6.07) is 76.3. The van der Waals surface area contributed by atoms with E-state index in [0.717, 1.165) is 22.4 Å². The summed E-state index contributed by atoms with van der Waals surface area (Å²) >= 11 is -0.826. The van der Waals surface area contributed by atoms with Crippen LogP contribution in [0.25, 0.3) is 77.2 Å². The molecule has 0 saturated carbocycles. The summed E-state index contributed by atoms with van der Waals surface area (Å²) in [7, 11) is 10.7. The van der Waals surface area contributed by atoms with Crippen LogP contribution in [-0.2, 0) is 33.7 Å². The number of hydrogen-bond donors (Lipinski definition) is 0. The molecule has 0 amide bonds. The van der Waals surface area contributed by atoms with Crippen molar-refractivity contribution >= 4 is 58.5 Å². The fourth-order valence-electron chi connectivity index (χ4n) is 10.3. The van der Waals surface area contributed by atoms with Crippen LogP contribution in [0.15, 0.2) is 200 Å². The second-order valence-electron chi connectivity index (χ2n) is 20.3. The minimum absolute atomic E-state index is 0.478. The summed E-state index contributed by atoms with van der Waals surface area (Å²) in [6.45, 7) is 18.4. The van der Waals surface area contributed by atoms with Crippen molar-refractivity contribution in [2.45, 2.75) is 80.1 Å². The first-order valence-corrected chi connectivity index (χ1v) is 32.9. The van der Waals surface area contributed by atoms with Gasteiger partial charge in [-0.25, -0.2) is 0 Å². The zero-order valence-corrected chi connectivity index (χ0v) is 48.0. The number of hydrogen-bond acceptors (Lipinski definition) is 0. The van der Waals surface area contributed by atoms with Gasteiger partial charge in [0.25, 0.3) is 0 Å². The topological polar surface area (TPSA) is 0 Å². The minimum Gasteiger partial charge on any atom is -0.184 e. The molecule has 10 aromatic rings. The van der Waals surface area contributed by atoms with Gasteiger partial charge in [0, 0.05) is 0 Å². The molecule has 2 radical (unpaired) electrons. The van der Waals surface area contributed by atoms with E-state index in [1.807, 2.05) is 6.07 Å². The first-order valence-electron chi connectivity index (χ1n) is 25.5. The van der Waals surface area contributed by atoms with Crippen molar-refractivity contribution in [3.05, 3.63) is 229 Å². The van der Waals surface area contributed by atoms with Gasteiger partial charge < -0.3 is 0 Å². The molecule has 0 N–H and O–H groups in total. The van der Waals surface area contributed by atoms with E-state index in [2.05, 4.69) is 256 Å². The van der Waals surface area contributed by atoms with Gasteiger partial charge in [0.15, 0.2) is 0 Å². The molecule has 0 aromatic heterocycles. The van der Waals surface area contributed by atoms with Gasteiger partial charge in [0.2, 0.25) is 0 Å². The van der Waals surface area contributed by atoms with Crippen molar-refractivity contribution in [3.8, 4) is 55.6 Å². The molecule has 1 aliphatic rings. The molecule has 0 spiro atoms. The molecular formula is C68H65Cl2SiZr-3. The average molecular weight is 1070 g/mol. The Bertz CT molecular complexity index is 3110. The molecule has 0 saturated heterocycles. The molecule has 0 nitrogen and oxygen atoms in total. The van der Waals surface area contributed by atoms with Crippen LogP contribution >= 0.6 is 17.0 Å². The molecule has 0 fully saturated rings. The van der Waals surface area contributed by atoms with Gasteiger partial charge in [0.05, 0.1) is 9.52 Å². The van der Waals surface area contributed by atoms with Crippen LogP contribution in [-0.4, -0.2) is 9.52 Å². The predicted molar refractivity (Wildman–Crippen MR) is 314 cm³/mol. The zero-order chi connectivity index (χ0) is 50.7. The molecular weight excluding hydrogens is 1010 g/mol. The van der Waals surface area contributed by atoms with Crippen molar-refractivity contribution < 1.29 is 20.8 Å². The average Bonchev–Trinajstić information content (AvgIpc) is 4.11. The van der Waals surface area contributed by atoms with Crippen molar-refractivity contribution in [2.24, 2.45) is 11.8 Å². The summed E-state index contributed by atoms with van der Waals surface area (Å²) in [6.07, 6.45) is 2.26. The fraction of sp³-hybridized carbons (Fsp3) is 0.206. The van der Waals surface area contributed by atoms with Crippen LogP contribution in [0.4, 0.5) is 0 Å². The van der Waals surface area contributed by atoms with Gasteiger partial charge in [-0.3, -0.25) is 0 Å². The second-order valence-corrected chi connectivity index (χ2v) is 25.3. The largest absolute Gasteiger partial charge is 0.184 e. The summed E-state index contributed by atoms with van der Waals surface area (Å²) < 4.78 is 0. The number of rotatable bonds is 10. The first kappa shape index (κ1) is 53.0. The second kappa shape index (κ2) is 25.1. The van der Waals surface area contributed by atoms with E-state index in [0.29, 0.717) is 23.7 Å². The van der Waals surface area contributed by atoms with E-state index in [4.69, 9.17) is 17.0 Å². The molecule has 1 aliphatic heterocycles. The van der Waals surface area contributed by atoms with Crippen molar-refractivity contribution in [3.63, 3.8) is 0 Å². The molecule has 10 aromatic carbocycles. The zero-order valence-electron chi connectivity index (χ0n) is 43.0. The molecule has 0 unspecified atom stereocenters. The Balaban J connectivity index is 0.000000149. The number of benzene rings is 8. The van der Waals surface area contributed by atoms with Gasteiger partial charge in [-0.2, -0.15) is 41.6 Å². The molecule has 0 aliphatic carbocycles. The standard InChI is InChI=1S/2C28H29.C12H7Si.2ClH.Zr/c2*1-19(2)16-21-17-23-14-15-24(20(3)4)28(27(23)18-21)26-13-9-8-12-25(26)22-10-6-5-7-11-22;1-3-7-11-9(5-1)10-6-2-4-8-12(10)13-11;;;/h2*5-15,17-20H,16H2,1-4H3;1-7H;2*1H;/q3*-1;;;+2/p-2. The van der Waals surface area contributed by atoms with Crippen molar-refractivity contribution in [1.29, 1.82) is 0 Å². The van der Waals surface area contributed by atoms with Crippen molar-refractivity contribution in [2.75, 3.05) is 0 Å². The Morgan fingerprint density at radius 1 is 0.444 bits per heavy atom. The van der Waals surface area contributed by atoms with Gasteiger partial charge in [0.1, 0.15) is 0 Å². The summed E-state index contributed by atoms with van der Waals surface area (Å²) in [5.74, 6) is 2.29. The van der Waals surface area contributed by atoms with Crippen LogP contribution in [0.3, 0.4) is 0 Å². The van der Waals surface area contributed by atoms with E-state index in [1.165, 1.54) is 110 Å². The van der Waals surface area contributed by atoms with Gasteiger partial charge in [-0.05, 0) is 69.9 Å². The van der Waals surface area contributed by atoms with E-state index in [9.17, 15) is 0 Å². The summed E-state index contributed by atoms with van der Waals surface area (Å²) in [5.41, 5.74) is 19.2. The van der Waals surface area contributed by atoms with E-state index in [-0.39, 0.29) is 0 Å². The van der Waals surface area contributed by atoms with Gasteiger partial charge in [-0.15, -0.1) is 74.6 Å². The van der Waals surface area contributed by atoms with Crippen molar-refractivity contribution in [1.82, 2.24) is 0 Å². The van der Waals surface area contributed by atoms with Crippen LogP contribution in [0.2, 0.25) is 0 Å². The van der Waals surface area contributed by atoms with E-state index >= 15 is 0 Å². The molecule has 11 rings (SSSR count). The summed E-state index contributed by atoms with van der Waals surface area (Å²) in [4.78, 5) is 0. The van der Waals surface area contributed by atoms with Crippen LogP contribution < -0.4 is 10.4 Å².